The van der Waals surface area contributed by atoms with Crippen LogP contribution in [0.25, 0.3) is 0 Å². The van der Waals surface area contributed by atoms with Crippen molar-refractivity contribution in [2.75, 3.05) is 33.7 Å². The normalized spacial score (nSPS) is 22.3. The molecule has 1 aliphatic rings. The van der Waals surface area contributed by atoms with Crippen LogP contribution in [0.1, 0.15) is 12.8 Å². The number of nitrogens with zero attached hydrogens (tertiary/aromatic N) is 2. The van der Waals surface area contributed by atoms with Crippen molar-refractivity contribution in [1.82, 2.24) is 9.80 Å². The molecule has 1 amide bonds. The highest BCUT2D eigenvalue weighted by atomic mass is 16.2. The standard InChI is InChI=1S/C9H19N3O/c1-11(2)5-3-4-6-12-7-8(10)9(12)13/h8H,3-7,10H2,1-2H3. The van der Waals surface area contributed by atoms with E-state index in [-0.39, 0.29) is 11.9 Å². The monoisotopic (exact) mass is 185 g/mol. The van der Waals surface area contributed by atoms with E-state index in [4.69, 9.17) is 5.73 Å². The second-order valence-electron chi connectivity index (χ2n) is 3.90. The summed E-state index contributed by atoms with van der Waals surface area (Å²) in [7, 11) is 4.12. The molecule has 0 aromatic rings. The molecule has 2 N–H and O–H groups in total. The van der Waals surface area contributed by atoms with Gasteiger partial charge in [-0.25, -0.2) is 0 Å². The van der Waals surface area contributed by atoms with Gasteiger partial charge in [0.1, 0.15) is 6.04 Å². The van der Waals surface area contributed by atoms with E-state index >= 15 is 0 Å². The van der Waals surface area contributed by atoms with Crippen molar-refractivity contribution in [2.45, 2.75) is 18.9 Å². The molecule has 4 nitrogen and oxygen atoms in total. The number of β-lactam (4-membered cyclic amide) rings is 1. The van der Waals surface area contributed by atoms with Crippen LogP contribution in [0, 0.1) is 0 Å². The lowest BCUT2D eigenvalue weighted by molar-refractivity contribution is -0.142. The van der Waals surface area contributed by atoms with Gasteiger partial charge < -0.3 is 15.5 Å². The first kappa shape index (κ1) is 10.5. The molecular weight excluding hydrogens is 166 g/mol. The molecule has 4 heteroatoms. The van der Waals surface area contributed by atoms with E-state index < -0.39 is 0 Å². The van der Waals surface area contributed by atoms with Gasteiger partial charge in [-0.15, -0.1) is 0 Å². The lowest BCUT2D eigenvalue weighted by atomic mass is 10.1. The number of rotatable bonds is 5. The molecule has 1 rings (SSSR count). The summed E-state index contributed by atoms with van der Waals surface area (Å²) in [6.45, 7) is 2.72. The second kappa shape index (κ2) is 4.58. The third-order valence-electron chi connectivity index (χ3n) is 2.33. The summed E-state index contributed by atoms with van der Waals surface area (Å²) >= 11 is 0. The summed E-state index contributed by atoms with van der Waals surface area (Å²) in [5.74, 6) is 0.116. The maximum absolute atomic E-state index is 11.1. The number of hydrogen-bond donors (Lipinski definition) is 1. The fourth-order valence-electron chi connectivity index (χ4n) is 1.46. The summed E-state index contributed by atoms with van der Waals surface area (Å²) in [4.78, 5) is 15.1. The summed E-state index contributed by atoms with van der Waals surface area (Å²) in [6, 6.07) is -0.214. The number of hydrogen-bond acceptors (Lipinski definition) is 3. The number of likely N-dealkylation sites (tertiary alicyclic amines) is 1. The van der Waals surface area contributed by atoms with E-state index in [1.54, 1.807) is 0 Å². The first-order valence-corrected chi connectivity index (χ1v) is 4.80. The van der Waals surface area contributed by atoms with Crippen LogP contribution in [0.15, 0.2) is 0 Å². The minimum Gasteiger partial charge on any atom is -0.339 e. The highest BCUT2D eigenvalue weighted by molar-refractivity contribution is 5.87. The molecule has 0 saturated carbocycles. The highest BCUT2D eigenvalue weighted by Gasteiger charge is 2.32. The number of carbonyl (C=O) groups excluding carboxylic acids is 1. The summed E-state index contributed by atoms with van der Waals surface area (Å²) in [6.07, 6.45) is 2.22. The maximum atomic E-state index is 11.1. The van der Waals surface area contributed by atoms with Crippen LogP contribution >= 0.6 is 0 Å². The van der Waals surface area contributed by atoms with Gasteiger partial charge >= 0.3 is 0 Å². The zero-order chi connectivity index (χ0) is 9.84. The lowest BCUT2D eigenvalue weighted by Gasteiger charge is -2.36. The van der Waals surface area contributed by atoms with Crippen LogP contribution in [0.2, 0.25) is 0 Å². The smallest absolute Gasteiger partial charge is 0.241 e. The first-order valence-electron chi connectivity index (χ1n) is 4.80. The summed E-state index contributed by atoms with van der Waals surface area (Å²) < 4.78 is 0. The van der Waals surface area contributed by atoms with E-state index in [0.29, 0.717) is 0 Å². The molecule has 1 atom stereocenters. The predicted octanol–water partition coefficient (Wildman–Crippen LogP) is -0.502. The Balaban J connectivity index is 1.98. The molecule has 0 aromatic heterocycles. The van der Waals surface area contributed by atoms with Gasteiger partial charge in [0.25, 0.3) is 0 Å². The molecule has 76 valence electrons. The number of amides is 1. The molecular formula is C9H19N3O. The largest absolute Gasteiger partial charge is 0.339 e. The lowest BCUT2D eigenvalue weighted by Crippen LogP contribution is -2.60. The Morgan fingerprint density at radius 1 is 1.54 bits per heavy atom. The van der Waals surface area contributed by atoms with Gasteiger partial charge in [-0.05, 0) is 33.5 Å². The molecule has 13 heavy (non-hydrogen) atoms. The first-order chi connectivity index (χ1) is 6.11. The fraction of sp³-hybridized carbons (Fsp3) is 0.889. The Labute approximate surface area is 79.7 Å². The van der Waals surface area contributed by atoms with Gasteiger partial charge in [-0.2, -0.15) is 0 Å². The molecule has 0 aliphatic carbocycles. The Kier molecular flexibility index (Phi) is 3.69. The third-order valence-corrected chi connectivity index (χ3v) is 2.33. The molecule has 1 aliphatic heterocycles. The van der Waals surface area contributed by atoms with Crippen LogP contribution in [-0.4, -0.2) is 55.5 Å². The minimum atomic E-state index is -0.214. The number of carbonyl (C=O) groups is 1. The Hall–Kier alpha value is -0.610. The number of nitrogens with two attached hydrogens (primary N) is 1. The van der Waals surface area contributed by atoms with Gasteiger partial charge in [0.15, 0.2) is 0 Å². The van der Waals surface area contributed by atoms with E-state index in [1.165, 1.54) is 0 Å². The highest BCUT2D eigenvalue weighted by Crippen LogP contribution is 2.08. The van der Waals surface area contributed by atoms with Crippen LogP contribution < -0.4 is 5.73 Å². The van der Waals surface area contributed by atoms with Crippen molar-refractivity contribution in [3.63, 3.8) is 0 Å². The van der Waals surface area contributed by atoms with Crippen LogP contribution in [-0.2, 0) is 4.79 Å². The van der Waals surface area contributed by atoms with E-state index in [2.05, 4.69) is 19.0 Å². The quantitative estimate of drug-likeness (QED) is 0.464. The zero-order valence-corrected chi connectivity index (χ0v) is 8.49. The Morgan fingerprint density at radius 2 is 2.23 bits per heavy atom. The molecule has 1 fully saturated rings. The van der Waals surface area contributed by atoms with E-state index in [0.717, 1.165) is 32.5 Å². The predicted molar refractivity (Wildman–Crippen MR) is 52.3 cm³/mol. The summed E-state index contributed by atoms with van der Waals surface area (Å²) in [5, 5.41) is 0. The molecule has 1 heterocycles. The molecule has 0 spiro atoms. The molecule has 0 aromatic carbocycles. The average molecular weight is 185 g/mol. The molecule has 1 unspecified atom stereocenters. The van der Waals surface area contributed by atoms with Crippen molar-refractivity contribution in [3.05, 3.63) is 0 Å². The van der Waals surface area contributed by atoms with Crippen LogP contribution in [0.3, 0.4) is 0 Å². The van der Waals surface area contributed by atoms with E-state index in [1.807, 2.05) is 4.90 Å². The van der Waals surface area contributed by atoms with Crippen molar-refractivity contribution in [2.24, 2.45) is 5.73 Å². The maximum Gasteiger partial charge on any atom is 0.241 e. The van der Waals surface area contributed by atoms with Gasteiger partial charge in [-0.3, -0.25) is 4.79 Å². The summed E-state index contributed by atoms with van der Waals surface area (Å²) in [5.41, 5.74) is 5.47. The topological polar surface area (TPSA) is 49.6 Å². The second-order valence-corrected chi connectivity index (χ2v) is 3.90. The SMILES string of the molecule is CN(C)CCCCN1CC(N)C1=O. The minimum absolute atomic E-state index is 0.116. The van der Waals surface area contributed by atoms with Gasteiger partial charge in [0.05, 0.1) is 0 Å². The number of unbranched alkanes of at least 4 members (excludes halogenated alkanes) is 1. The van der Waals surface area contributed by atoms with Gasteiger partial charge in [-0.1, -0.05) is 0 Å². The third kappa shape index (κ3) is 2.97. The van der Waals surface area contributed by atoms with Gasteiger partial charge in [0, 0.05) is 13.1 Å². The van der Waals surface area contributed by atoms with Gasteiger partial charge in [0.2, 0.25) is 5.91 Å². The average Bonchev–Trinajstić information content (AvgIpc) is 2.09. The fourth-order valence-corrected chi connectivity index (χ4v) is 1.46. The molecule has 0 radical (unpaired) electrons. The zero-order valence-electron chi connectivity index (χ0n) is 8.49. The Morgan fingerprint density at radius 3 is 2.69 bits per heavy atom. The van der Waals surface area contributed by atoms with Crippen molar-refractivity contribution in [3.8, 4) is 0 Å². The molecule has 0 bridgehead atoms. The van der Waals surface area contributed by atoms with Crippen LogP contribution in [0.5, 0.6) is 0 Å². The molecule has 1 saturated heterocycles. The van der Waals surface area contributed by atoms with Crippen molar-refractivity contribution < 1.29 is 4.79 Å². The van der Waals surface area contributed by atoms with Crippen molar-refractivity contribution in [1.29, 1.82) is 0 Å². The van der Waals surface area contributed by atoms with Crippen LogP contribution in [0.4, 0.5) is 0 Å². The Bertz CT molecular complexity index is 182. The van der Waals surface area contributed by atoms with E-state index in [9.17, 15) is 4.79 Å². The van der Waals surface area contributed by atoms with Crippen molar-refractivity contribution >= 4 is 5.91 Å².